The zero-order valence-corrected chi connectivity index (χ0v) is 6.71. The number of hydrogen-bond acceptors (Lipinski definition) is 4. The van der Waals surface area contributed by atoms with Crippen LogP contribution in [0.1, 0.15) is 6.92 Å². The van der Waals surface area contributed by atoms with Gasteiger partial charge < -0.3 is 21.6 Å². The van der Waals surface area contributed by atoms with E-state index in [1.165, 1.54) is 12.4 Å². The topological polar surface area (TPSA) is 85.1 Å². The maximum atomic E-state index is 6.94. The first kappa shape index (κ1) is 10.1. The molecule has 0 aliphatic carbocycles. The fraction of sp³-hybridized carbons (Fsp3) is 0.571. The molecular weight excluding hydrogens is 142 g/mol. The average molecular weight is 157 g/mol. The van der Waals surface area contributed by atoms with Crippen LogP contribution < -0.4 is 11.5 Å². The summed E-state index contributed by atoms with van der Waals surface area (Å²) in [5.74, 6) is 0. The van der Waals surface area contributed by atoms with Crippen molar-refractivity contribution in [2.45, 2.75) is 13.0 Å². The second kappa shape index (κ2) is 5.88. The molecule has 11 heavy (non-hydrogen) atoms. The smallest absolute Gasteiger partial charge is 0.0826 e. The van der Waals surface area contributed by atoms with E-state index in [2.05, 4.69) is 0 Å². The Balaban J connectivity index is 3.80. The molecule has 0 spiro atoms. The number of hydrogen-bond donors (Lipinski definition) is 3. The summed E-state index contributed by atoms with van der Waals surface area (Å²) < 4.78 is 5.21. The molecule has 0 heterocycles. The van der Waals surface area contributed by atoms with Crippen LogP contribution >= 0.6 is 0 Å². The minimum Gasteiger partial charge on any atom is -0.404 e. The van der Waals surface area contributed by atoms with Crippen LogP contribution in [0.3, 0.4) is 0 Å². The Kier molecular flexibility index (Phi) is 5.42. The van der Waals surface area contributed by atoms with E-state index in [1.807, 2.05) is 6.92 Å². The Hall–Kier alpha value is -0.870. The van der Waals surface area contributed by atoms with Crippen molar-refractivity contribution in [3.8, 4) is 0 Å². The van der Waals surface area contributed by atoms with Gasteiger partial charge in [0.05, 0.1) is 12.7 Å². The molecule has 64 valence electrons. The lowest BCUT2D eigenvalue weighted by molar-refractivity contribution is 0.100. The molecule has 5 N–H and O–H groups in total. The molecule has 4 nitrogen and oxygen atoms in total. The van der Waals surface area contributed by atoms with Gasteiger partial charge in [-0.1, -0.05) is 0 Å². The molecule has 0 bridgehead atoms. The fourth-order valence-electron chi connectivity index (χ4n) is 0.642. The Labute approximate surface area is 66.7 Å². The number of rotatable bonds is 5. The molecule has 0 aromatic carbocycles. The highest BCUT2D eigenvalue weighted by Crippen LogP contribution is 2.00. The van der Waals surface area contributed by atoms with Crippen molar-refractivity contribution in [3.05, 3.63) is 11.8 Å². The Bertz CT molecular complexity index is 145. The summed E-state index contributed by atoms with van der Waals surface area (Å²) in [5.41, 5.74) is 11.1. The molecule has 1 atom stereocenters. The quantitative estimate of drug-likeness (QED) is 0.485. The summed E-state index contributed by atoms with van der Waals surface area (Å²) in [4.78, 5) is 0. The Morgan fingerprint density at radius 2 is 2.36 bits per heavy atom. The molecule has 0 saturated heterocycles. The van der Waals surface area contributed by atoms with Crippen LogP contribution in [0.5, 0.6) is 0 Å². The molecule has 4 heteroatoms. The van der Waals surface area contributed by atoms with Gasteiger partial charge in [0.2, 0.25) is 0 Å². The van der Waals surface area contributed by atoms with Crippen molar-refractivity contribution >= 4 is 6.21 Å². The Morgan fingerprint density at radius 3 is 2.73 bits per heavy atom. The van der Waals surface area contributed by atoms with Gasteiger partial charge in [-0.2, -0.15) is 0 Å². The zero-order chi connectivity index (χ0) is 8.69. The van der Waals surface area contributed by atoms with Crippen LogP contribution in [0.2, 0.25) is 0 Å². The summed E-state index contributed by atoms with van der Waals surface area (Å²) in [6.45, 7) is 2.81. The average Bonchev–Trinajstić information content (AvgIpc) is 2.03. The van der Waals surface area contributed by atoms with Crippen LogP contribution in [-0.2, 0) is 4.74 Å². The maximum absolute atomic E-state index is 6.94. The van der Waals surface area contributed by atoms with Gasteiger partial charge in [0.1, 0.15) is 0 Å². The van der Waals surface area contributed by atoms with E-state index in [0.717, 1.165) is 0 Å². The SMILES string of the molecule is CC(OCCN)/C(C=N)=C/N. The van der Waals surface area contributed by atoms with Crippen molar-refractivity contribution in [2.75, 3.05) is 13.2 Å². The van der Waals surface area contributed by atoms with Crippen molar-refractivity contribution in [1.29, 1.82) is 5.41 Å². The van der Waals surface area contributed by atoms with Crippen molar-refractivity contribution in [3.63, 3.8) is 0 Å². The Morgan fingerprint density at radius 1 is 1.73 bits per heavy atom. The third-order valence-corrected chi connectivity index (χ3v) is 1.31. The predicted molar refractivity (Wildman–Crippen MR) is 45.5 cm³/mol. The van der Waals surface area contributed by atoms with E-state index in [9.17, 15) is 0 Å². The summed E-state index contributed by atoms with van der Waals surface area (Å²) in [7, 11) is 0. The molecule has 0 amide bonds. The highest BCUT2D eigenvalue weighted by Gasteiger charge is 2.04. The largest absolute Gasteiger partial charge is 0.404 e. The van der Waals surface area contributed by atoms with Gasteiger partial charge in [0.25, 0.3) is 0 Å². The normalized spacial score (nSPS) is 14.5. The summed E-state index contributed by atoms with van der Waals surface area (Å²) in [6.07, 6.45) is 2.41. The standard InChI is InChI=1S/C7H15N3O/c1-6(11-3-2-8)7(4-9)5-10/h4-6,9H,2-3,8,10H2,1H3/b7-5+,9-4?. The van der Waals surface area contributed by atoms with Crippen molar-refractivity contribution in [1.82, 2.24) is 0 Å². The number of ether oxygens (including phenoxy) is 1. The van der Waals surface area contributed by atoms with Crippen LogP contribution in [0.15, 0.2) is 11.8 Å². The predicted octanol–water partition coefficient (Wildman–Crippen LogP) is -0.158. The first-order valence-electron chi connectivity index (χ1n) is 3.50. The summed E-state index contributed by atoms with van der Waals surface area (Å²) in [6, 6.07) is 0. The number of nitrogens with two attached hydrogens (primary N) is 2. The van der Waals surface area contributed by atoms with Gasteiger partial charge >= 0.3 is 0 Å². The molecule has 1 unspecified atom stereocenters. The molecule has 0 fully saturated rings. The highest BCUT2D eigenvalue weighted by molar-refractivity contribution is 5.76. The molecule has 0 saturated carbocycles. The molecule has 0 aliphatic rings. The first-order valence-corrected chi connectivity index (χ1v) is 3.50. The molecule has 0 aromatic heterocycles. The monoisotopic (exact) mass is 157 g/mol. The molecule has 0 aromatic rings. The van der Waals surface area contributed by atoms with Crippen LogP contribution in [0, 0.1) is 5.41 Å². The second-order valence-corrected chi connectivity index (χ2v) is 2.11. The molecule has 0 radical (unpaired) electrons. The molecule has 0 rings (SSSR count). The maximum Gasteiger partial charge on any atom is 0.0826 e. The van der Waals surface area contributed by atoms with Crippen LogP contribution in [0.4, 0.5) is 0 Å². The van der Waals surface area contributed by atoms with E-state index in [0.29, 0.717) is 18.7 Å². The van der Waals surface area contributed by atoms with Gasteiger partial charge in [-0.25, -0.2) is 0 Å². The van der Waals surface area contributed by atoms with E-state index in [4.69, 9.17) is 21.6 Å². The first-order chi connectivity index (χ1) is 5.26. The minimum atomic E-state index is -0.138. The van der Waals surface area contributed by atoms with Gasteiger partial charge in [0.15, 0.2) is 0 Å². The lowest BCUT2D eigenvalue weighted by Gasteiger charge is -2.11. The van der Waals surface area contributed by atoms with Gasteiger partial charge in [-0.3, -0.25) is 0 Å². The zero-order valence-electron chi connectivity index (χ0n) is 6.71. The van der Waals surface area contributed by atoms with Crippen LogP contribution in [0.25, 0.3) is 0 Å². The summed E-state index contributed by atoms with van der Waals surface area (Å²) in [5, 5.41) is 6.94. The van der Waals surface area contributed by atoms with Crippen molar-refractivity contribution in [2.24, 2.45) is 11.5 Å². The van der Waals surface area contributed by atoms with E-state index >= 15 is 0 Å². The van der Waals surface area contributed by atoms with E-state index < -0.39 is 0 Å². The van der Waals surface area contributed by atoms with E-state index in [-0.39, 0.29) is 6.10 Å². The second-order valence-electron chi connectivity index (χ2n) is 2.11. The van der Waals surface area contributed by atoms with Gasteiger partial charge in [0, 0.05) is 24.5 Å². The minimum absolute atomic E-state index is 0.138. The van der Waals surface area contributed by atoms with Gasteiger partial charge in [-0.05, 0) is 6.92 Å². The lowest BCUT2D eigenvalue weighted by atomic mass is 10.2. The fourth-order valence-corrected chi connectivity index (χ4v) is 0.642. The number of nitrogens with one attached hydrogen (secondary N) is 1. The van der Waals surface area contributed by atoms with E-state index in [1.54, 1.807) is 0 Å². The summed E-state index contributed by atoms with van der Waals surface area (Å²) >= 11 is 0. The highest BCUT2D eigenvalue weighted by atomic mass is 16.5. The lowest BCUT2D eigenvalue weighted by Crippen LogP contribution is -2.18. The third-order valence-electron chi connectivity index (χ3n) is 1.31. The van der Waals surface area contributed by atoms with Gasteiger partial charge in [-0.15, -0.1) is 0 Å². The third kappa shape index (κ3) is 3.75. The molecule has 0 aliphatic heterocycles. The van der Waals surface area contributed by atoms with Crippen molar-refractivity contribution < 1.29 is 4.74 Å². The molecular formula is C7H15N3O. The van der Waals surface area contributed by atoms with Crippen LogP contribution in [-0.4, -0.2) is 25.5 Å².